The average Bonchev–Trinajstić information content (AvgIpc) is 2.55. The third-order valence-electron chi connectivity index (χ3n) is 2.26. The predicted molar refractivity (Wildman–Crippen MR) is 64.6 cm³/mol. The Morgan fingerprint density at radius 2 is 2.29 bits per heavy atom. The Morgan fingerprint density at radius 3 is 2.79 bits per heavy atom. The molecule has 0 saturated heterocycles. The van der Waals surface area contributed by atoms with E-state index in [1.807, 2.05) is 11.7 Å². The van der Waals surface area contributed by atoms with Crippen molar-refractivity contribution in [2.75, 3.05) is 5.33 Å². The van der Waals surface area contributed by atoms with Crippen molar-refractivity contribution >= 4 is 22.0 Å². The van der Waals surface area contributed by atoms with E-state index in [2.05, 4.69) is 47.1 Å². The number of alkyl halides is 1. The fourth-order valence-electron chi connectivity index (χ4n) is 1.40. The van der Waals surface area contributed by atoms with Crippen LogP contribution >= 0.6 is 15.9 Å². The summed E-state index contributed by atoms with van der Waals surface area (Å²) < 4.78 is 1.88. The summed E-state index contributed by atoms with van der Waals surface area (Å²) in [6.07, 6.45) is 6.40. The Labute approximate surface area is 94.1 Å². The summed E-state index contributed by atoms with van der Waals surface area (Å²) in [5.74, 6) is 0. The fourth-order valence-corrected chi connectivity index (χ4v) is 1.96. The molecule has 0 atom stereocenters. The SMILES string of the molecule is CCC(=Cc1cn(C)nc1CC)CBr. The maximum Gasteiger partial charge on any atom is 0.0694 e. The first-order valence-electron chi connectivity index (χ1n) is 4.99. The number of aryl methyl sites for hydroxylation is 2. The van der Waals surface area contributed by atoms with Crippen molar-refractivity contribution in [1.82, 2.24) is 9.78 Å². The Kier molecular flexibility index (Phi) is 4.39. The molecule has 0 unspecified atom stereocenters. The van der Waals surface area contributed by atoms with E-state index in [1.54, 1.807) is 0 Å². The summed E-state index contributed by atoms with van der Waals surface area (Å²) >= 11 is 3.49. The van der Waals surface area contributed by atoms with Gasteiger partial charge in [0, 0.05) is 24.1 Å². The smallest absolute Gasteiger partial charge is 0.0694 e. The first-order valence-corrected chi connectivity index (χ1v) is 6.11. The number of halogens is 1. The van der Waals surface area contributed by atoms with Gasteiger partial charge >= 0.3 is 0 Å². The molecule has 3 heteroatoms. The van der Waals surface area contributed by atoms with Crippen LogP contribution in [0.25, 0.3) is 6.08 Å². The van der Waals surface area contributed by atoms with Crippen molar-refractivity contribution in [3.8, 4) is 0 Å². The zero-order chi connectivity index (χ0) is 10.6. The van der Waals surface area contributed by atoms with Gasteiger partial charge in [-0.05, 0) is 12.8 Å². The summed E-state index contributed by atoms with van der Waals surface area (Å²) in [6, 6.07) is 0. The van der Waals surface area contributed by atoms with Crippen LogP contribution < -0.4 is 0 Å². The largest absolute Gasteiger partial charge is 0.275 e. The van der Waals surface area contributed by atoms with Crippen LogP contribution in [0.3, 0.4) is 0 Å². The number of rotatable bonds is 4. The van der Waals surface area contributed by atoms with Crippen molar-refractivity contribution in [2.24, 2.45) is 7.05 Å². The molecular formula is C11H17BrN2. The van der Waals surface area contributed by atoms with E-state index in [9.17, 15) is 0 Å². The van der Waals surface area contributed by atoms with Gasteiger partial charge in [0.05, 0.1) is 5.69 Å². The topological polar surface area (TPSA) is 17.8 Å². The maximum absolute atomic E-state index is 4.41. The van der Waals surface area contributed by atoms with Gasteiger partial charge in [-0.3, -0.25) is 4.68 Å². The van der Waals surface area contributed by atoms with Crippen molar-refractivity contribution in [3.63, 3.8) is 0 Å². The quantitative estimate of drug-likeness (QED) is 0.757. The molecule has 0 saturated carbocycles. The lowest BCUT2D eigenvalue weighted by molar-refractivity contribution is 0.746. The molecule has 0 radical (unpaired) electrons. The third-order valence-corrected chi connectivity index (χ3v) is 2.98. The van der Waals surface area contributed by atoms with Gasteiger partial charge in [-0.2, -0.15) is 5.10 Å². The van der Waals surface area contributed by atoms with E-state index in [1.165, 1.54) is 16.8 Å². The molecule has 0 aromatic carbocycles. The van der Waals surface area contributed by atoms with Gasteiger partial charge in [0.25, 0.3) is 0 Å². The van der Waals surface area contributed by atoms with Crippen molar-refractivity contribution in [2.45, 2.75) is 26.7 Å². The van der Waals surface area contributed by atoms with Crippen LogP contribution in [0.1, 0.15) is 31.5 Å². The lowest BCUT2D eigenvalue weighted by Gasteiger charge is -1.98. The molecule has 0 amide bonds. The Morgan fingerprint density at radius 1 is 1.57 bits per heavy atom. The van der Waals surface area contributed by atoms with Crippen LogP contribution in [0.4, 0.5) is 0 Å². The molecular weight excluding hydrogens is 240 g/mol. The van der Waals surface area contributed by atoms with Gasteiger partial charge < -0.3 is 0 Å². The van der Waals surface area contributed by atoms with E-state index in [0.29, 0.717) is 0 Å². The molecule has 0 bridgehead atoms. The second-order valence-corrected chi connectivity index (χ2v) is 3.91. The molecule has 14 heavy (non-hydrogen) atoms. The minimum Gasteiger partial charge on any atom is -0.275 e. The van der Waals surface area contributed by atoms with E-state index in [4.69, 9.17) is 0 Å². The molecule has 0 aliphatic carbocycles. The molecule has 0 aliphatic rings. The highest BCUT2D eigenvalue weighted by Crippen LogP contribution is 2.15. The van der Waals surface area contributed by atoms with Crippen LogP contribution in [0.2, 0.25) is 0 Å². The molecule has 1 heterocycles. The molecule has 0 aliphatic heterocycles. The molecule has 0 spiro atoms. The van der Waals surface area contributed by atoms with Gasteiger partial charge in [0.1, 0.15) is 0 Å². The summed E-state index contributed by atoms with van der Waals surface area (Å²) in [5.41, 5.74) is 3.85. The van der Waals surface area contributed by atoms with E-state index in [0.717, 1.165) is 18.2 Å². The summed E-state index contributed by atoms with van der Waals surface area (Å²) in [4.78, 5) is 0. The zero-order valence-corrected chi connectivity index (χ0v) is 10.6. The highest BCUT2D eigenvalue weighted by atomic mass is 79.9. The Hall–Kier alpha value is -0.570. The van der Waals surface area contributed by atoms with Gasteiger partial charge in [-0.25, -0.2) is 0 Å². The van der Waals surface area contributed by atoms with E-state index >= 15 is 0 Å². The van der Waals surface area contributed by atoms with Crippen LogP contribution in [0, 0.1) is 0 Å². The third kappa shape index (κ3) is 2.71. The predicted octanol–water partition coefficient (Wildman–Crippen LogP) is 3.17. The van der Waals surface area contributed by atoms with Crippen LogP contribution in [-0.2, 0) is 13.5 Å². The number of hydrogen-bond acceptors (Lipinski definition) is 1. The number of nitrogens with zero attached hydrogens (tertiary/aromatic N) is 2. The molecule has 1 rings (SSSR count). The zero-order valence-electron chi connectivity index (χ0n) is 9.05. The van der Waals surface area contributed by atoms with Gasteiger partial charge in [-0.1, -0.05) is 41.4 Å². The molecule has 0 N–H and O–H groups in total. The lowest BCUT2D eigenvalue weighted by atomic mass is 10.1. The van der Waals surface area contributed by atoms with Crippen LogP contribution in [-0.4, -0.2) is 15.1 Å². The Balaban J connectivity index is 2.99. The number of allylic oxidation sites excluding steroid dienone is 1. The van der Waals surface area contributed by atoms with Crippen LogP contribution in [0.5, 0.6) is 0 Å². The normalized spacial score (nSPS) is 12.1. The first kappa shape index (κ1) is 11.5. The first-order chi connectivity index (χ1) is 6.71. The molecule has 2 nitrogen and oxygen atoms in total. The second-order valence-electron chi connectivity index (χ2n) is 3.35. The lowest BCUT2D eigenvalue weighted by Crippen LogP contribution is -1.89. The van der Waals surface area contributed by atoms with Crippen molar-refractivity contribution in [1.29, 1.82) is 0 Å². The van der Waals surface area contributed by atoms with Gasteiger partial charge in [0.15, 0.2) is 0 Å². The number of aromatic nitrogens is 2. The Bertz CT molecular complexity index is 320. The molecule has 78 valence electrons. The highest BCUT2D eigenvalue weighted by Gasteiger charge is 2.03. The summed E-state index contributed by atoms with van der Waals surface area (Å²) in [7, 11) is 1.97. The highest BCUT2D eigenvalue weighted by molar-refractivity contribution is 9.09. The standard InChI is InChI=1S/C11H17BrN2/c1-4-9(7-12)6-10-8-14(3)13-11(10)5-2/h6,8H,4-5,7H2,1-3H3. The van der Waals surface area contributed by atoms with Crippen molar-refractivity contribution in [3.05, 3.63) is 23.0 Å². The van der Waals surface area contributed by atoms with Gasteiger partial charge in [-0.15, -0.1) is 0 Å². The fraction of sp³-hybridized carbons (Fsp3) is 0.545. The maximum atomic E-state index is 4.41. The minimum atomic E-state index is 0.946. The summed E-state index contributed by atoms with van der Waals surface area (Å²) in [5, 5.41) is 5.35. The second kappa shape index (κ2) is 5.35. The van der Waals surface area contributed by atoms with E-state index in [-0.39, 0.29) is 0 Å². The van der Waals surface area contributed by atoms with Crippen molar-refractivity contribution < 1.29 is 0 Å². The number of hydrogen-bond donors (Lipinski definition) is 0. The van der Waals surface area contributed by atoms with Crippen LogP contribution in [0.15, 0.2) is 11.8 Å². The molecule has 1 aromatic rings. The summed E-state index contributed by atoms with van der Waals surface area (Å²) in [6.45, 7) is 4.31. The average molecular weight is 257 g/mol. The van der Waals surface area contributed by atoms with Gasteiger partial charge in [0.2, 0.25) is 0 Å². The molecule has 0 fully saturated rings. The molecule has 1 aromatic heterocycles. The van der Waals surface area contributed by atoms with E-state index < -0.39 is 0 Å². The minimum absolute atomic E-state index is 0.946. The monoisotopic (exact) mass is 256 g/mol.